The van der Waals surface area contributed by atoms with E-state index in [-0.39, 0.29) is 0 Å². The molecule has 1 aromatic rings. The third kappa shape index (κ3) is 5.51. The van der Waals surface area contributed by atoms with Crippen LogP contribution >= 0.6 is 0 Å². The molecule has 0 heterocycles. The lowest BCUT2D eigenvalue weighted by Crippen LogP contribution is -2.40. The lowest BCUT2D eigenvalue weighted by atomic mass is 10.1. The molecule has 0 bridgehead atoms. The number of hydrogen-bond acceptors (Lipinski definition) is 3. The van der Waals surface area contributed by atoms with Gasteiger partial charge < -0.3 is 15.1 Å². The van der Waals surface area contributed by atoms with Crippen molar-refractivity contribution in [1.29, 1.82) is 0 Å². The predicted molar refractivity (Wildman–Crippen MR) is 89.5 cm³/mol. The zero-order chi connectivity index (χ0) is 15.1. The summed E-state index contributed by atoms with van der Waals surface area (Å²) in [5, 5.41) is 3.45. The molecule has 0 radical (unpaired) electrons. The van der Waals surface area contributed by atoms with Crippen molar-refractivity contribution in [2.24, 2.45) is 0 Å². The van der Waals surface area contributed by atoms with Gasteiger partial charge in [0.2, 0.25) is 0 Å². The number of benzene rings is 1. The molecule has 3 heteroatoms. The molecule has 0 spiro atoms. The molecule has 0 saturated carbocycles. The van der Waals surface area contributed by atoms with Crippen LogP contribution < -0.4 is 10.2 Å². The maximum Gasteiger partial charge on any atom is 0.0388 e. The van der Waals surface area contributed by atoms with Gasteiger partial charge in [-0.15, -0.1) is 0 Å². The lowest BCUT2D eigenvalue weighted by Gasteiger charge is -2.32. The minimum absolute atomic E-state index is 0.523. The molecule has 0 aromatic heterocycles. The monoisotopic (exact) mass is 277 g/mol. The van der Waals surface area contributed by atoms with E-state index >= 15 is 0 Å². The topological polar surface area (TPSA) is 18.5 Å². The zero-order valence-corrected chi connectivity index (χ0v) is 14.0. The van der Waals surface area contributed by atoms with Gasteiger partial charge in [0.1, 0.15) is 0 Å². The van der Waals surface area contributed by atoms with Gasteiger partial charge in [-0.05, 0) is 45.6 Å². The summed E-state index contributed by atoms with van der Waals surface area (Å²) < 4.78 is 0. The minimum atomic E-state index is 0.523. The van der Waals surface area contributed by atoms with Crippen LogP contribution in [0.4, 0.5) is 5.69 Å². The Hall–Kier alpha value is -1.06. The number of hydrogen-bond donors (Lipinski definition) is 1. The highest BCUT2D eigenvalue weighted by Gasteiger charge is 2.13. The summed E-state index contributed by atoms with van der Waals surface area (Å²) in [5.74, 6) is 0. The van der Waals surface area contributed by atoms with E-state index in [9.17, 15) is 0 Å². The molecule has 1 N–H and O–H groups in total. The van der Waals surface area contributed by atoms with Crippen molar-refractivity contribution in [2.45, 2.75) is 46.3 Å². The fourth-order valence-electron chi connectivity index (χ4n) is 2.50. The molecule has 20 heavy (non-hydrogen) atoms. The molecule has 1 rings (SSSR count). The Morgan fingerprint density at radius 2 is 1.65 bits per heavy atom. The second kappa shape index (κ2) is 8.28. The van der Waals surface area contributed by atoms with Gasteiger partial charge >= 0.3 is 0 Å². The maximum atomic E-state index is 3.45. The Morgan fingerprint density at radius 3 is 2.10 bits per heavy atom. The standard InChI is InChI=1S/C17H31N3/c1-7-20(15(4)13-19(5)6)17-10-8-16(9-11-17)12-18-14(2)3/h8-11,14-15,18H,7,12-13H2,1-6H3. The van der Waals surface area contributed by atoms with Gasteiger partial charge in [-0.1, -0.05) is 26.0 Å². The van der Waals surface area contributed by atoms with E-state index in [0.717, 1.165) is 19.6 Å². The van der Waals surface area contributed by atoms with Gasteiger partial charge in [0.25, 0.3) is 0 Å². The zero-order valence-electron chi connectivity index (χ0n) is 14.0. The normalized spacial score (nSPS) is 13.0. The third-order valence-corrected chi connectivity index (χ3v) is 3.48. The smallest absolute Gasteiger partial charge is 0.0388 e. The first kappa shape index (κ1) is 17.0. The van der Waals surface area contributed by atoms with Crippen LogP contribution in [0.25, 0.3) is 0 Å². The summed E-state index contributed by atoms with van der Waals surface area (Å²) in [7, 11) is 4.26. The Kier molecular flexibility index (Phi) is 7.03. The predicted octanol–water partition coefficient (Wildman–Crippen LogP) is 2.96. The van der Waals surface area contributed by atoms with Crippen LogP contribution in [0.5, 0.6) is 0 Å². The van der Waals surface area contributed by atoms with E-state index in [2.05, 4.69) is 81.2 Å². The van der Waals surface area contributed by atoms with E-state index in [1.165, 1.54) is 11.3 Å². The molecule has 0 aliphatic heterocycles. The highest BCUT2D eigenvalue weighted by atomic mass is 15.2. The first-order chi connectivity index (χ1) is 9.43. The number of anilines is 1. The van der Waals surface area contributed by atoms with Crippen molar-refractivity contribution >= 4 is 5.69 Å². The second-order valence-electron chi connectivity index (χ2n) is 6.10. The molecule has 1 unspecified atom stereocenters. The molecule has 1 atom stereocenters. The van der Waals surface area contributed by atoms with E-state index in [0.29, 0.717) is 12.1 Å². The Morgan fingerprint density at radius 1 is 1.05 bits per heavy atom. The minimum Gasteiger partial charge on any atom is -0.368 e. The summed E-state index contributed by atoms with van der Waals surface area (Å²) in [6.45, 7) is 11.9. The molecule has 0 saturated heterocycles. The fourth-order valence-corrected chi connectivity index (χ4v) is 2.50. The molecule has 0 aliphatic carbocycles. The van der Waals surface area contributed by atoms with Crippen molar-refractivity contribution < 1.29 is 0 Å². The average Bonchev–Trinajstić information content (AvgIpc) is 2.37. The van der Waals surface area contributed by atoms with Crippen molar-refractivity contribution in [1.82, 2.24) is 10.2 Å². The summed E-state index contributed by atoms with van der Waals surface area (Å²) >= 11 is 0. The second-order valence-corrected chi connectivity index (χ2v) is 6.10. The van der Waals surface area contributed by atoms with Crippen molar-refractivity contribution in [2.75, 3.05) is 32.1 Å². The number of rotatable bonds is 8. The highest BCUT2D eigenvalue weighted by Crippen LogP contribution is 2.18. The van der Waals surface area contributed by atoms with E-state index in [4.69, 9.17) is 0 Å². The van der Waals surface area contributed by atoms with Crippen molar-refractivity contribution in [3.63, 3.8) is 0 Å². The Balaban J connectivity index is 2.69. The van der Waals surface area contributed by atoms with Crippen LogP contribution in [-0.4, -0.2) is 44.2 Å². The van der Waals surface area contributed by atoms with Crippen molar-refractivity contribution in [3.8, 4) is 0 Å². The van der Waals surface area contributed by atoms with Crippen LogP contribution in [0.15, 0.2) is 24.3 Å². The molecule has 0 aliphatic rings. The van der Waals surface area contributed by atoms with E-state index < -0.39 is 0 Å². The molecule has 3 nitrogen and oxygen atoms in total. The van der Waals surface area contributed by atoms with E-state index in [1.807, 2.05) is 0 Å². The lowest BCUT2D eigenvalue weighted by molar-refractivity contribution is 0.373. The molecule has 1 aromatic carbocycles. The quantitative estimate of drug-likeness (QED) is 0.788. The van der Waals surface area contributed by atoms with Gasteiger partial charge in [0.15, 0.2) is 0 Å². The van der Waals surface area contributed by atoms with Crippen LogP contribution in [0.3, 0.4) is 0 Å². The van der Waals surface area contributed by atoms with Gasteiger partial charge in [0.05, 0.1) is 0 Å². The number of likely N-dealkylation sites (N-methyl/N-ethyl adjacent to an activating group) is 2. The summed E-state index contributed by atoms with van der Waals surface area (Å²) in [6, 6.07) is 10.0. The highest BCUT2D eigenvalue weighted by molar-refractivity contribution is 5.48. The van der Waals surface area contributed by atoms with Gasteiger partial charge in [0, 0.05) is 37.4 Å². The average molecular weight is 277 g/mol. The molecule has 114 valence electrons. The number of nitrogens with one attached hydrogen (secondary N) is 1. The van der Waals surface area contributed by atoms with Gasteiger partial charge in [-0.2, -0.15) is 0 Å². The summed E-state index contributed by atoms with van der Waals surface area (Å²) in [5.41, 5.74) is 2.66. The largest absolute Gasteiger partial charge is 0.368 e. The molecule has 0 fully saturated rings. The van der Waals surface area contributed by atoms with Crippen LogP contribution in [0.2, 0.25) is 0 Å². The first-order valence-corrected chi connectivity index (χ1v) is 7.67. The number of nitrogens with zero attached hydrogens (tertiary/aromatic N) is 2. The van der Waals surface area contributed by atoms with Crippen LogP contribution in [0, 0.1) is 0 Å². The third-order valence-electron chi connectivity index (χ3n) is 3.48. The fraction of sp³-hybridized carbons (Fsp3) is 0.647. The SMILES string of the molecule is CCN(c1ccc(CNC(C)C)cc1)C(C)CN(C)C. The molecule has 0 amide bonds. The van der Waals surface area contributed by atoms with Crippen LogP contribution in [-0.2, 0) is 6.54 Å². The maximum absolute atomic E-state index is 3.45. The molecular formula is C17H31N3. The van der Waals surface area contributed by atoms with Gasteiger partial charge in [-0.3, -0.25) is 0 Å². The van der Waals surface area contributed by atoms with E-state index in [1.54, 1.807) is 0 Å². The summed E-state index contributed by atoms with van der Waals surface area (Å²) in [4.78, 5) is 4.70. The summed E-state index contributed by atoms with van der Waals surface area (Å²) in [6.07, 6.45) is 0. The van der Waals surface area contributed by atoms with Gasteiger partial charge in [-0.25, -0.2) is 0 Å². The first-order valence-electron chi connectivity index (χ1n) is 7.67. The Labute approximate surface area is 125 Å². The van der Waals surface area contributed by atoms with Crippen molar-refractivity contribution in [3.05, 3.63) is 29.8 Å². The van der Waals surface area contributed by atoms with Crippen LogP contribution in [0.1, 0.15) is 33.3 Å². The Bertz CT molecular complexity index is 370. The molecular weight excluding hydrogens is 246 g/mol.